The van der Waals surface area contributed by atoms with E-state index >= 15 is 0 Å². The molecule has 13 heavy (non-hydrogen) atoms. The summed E-state index contributed by atoms with van der Waals surface area (Å²) in [6.07, 6.45) is 23.0. The summed E-state index contributed by atoms with van der Waals surface area (Å²) in [7, 11) is 0. The summed E-state index contributed by atoms with van der Waals surface area (Å²) in [6, 6.07) is 0. The van der Waals surface area contributed by atoms with Crippen molar-refractivity contribution in [1.29, 1.82) is 0 Å². The Bertz CT molecular complexity index is 184. The molecule has 0 aromatic rings. The van der Waals surface area contributed by atoms with Gasteiger partial charge >= 0.3 is 0 Å². The average Bonchev–Trinajstić information content (AvgIpc) is 2.18. The highest BCUT2D eigenvalue weighted by molar-refractivity contribution is 5.08. The van der Waals surface area contributed by atoms with Gasteiger partial charge in [0.15, 0.2) is 0 Å². The van der Waals surface area contributed by atoms with Gasteiger partial charge in [0.1, 0.15) is 0 Å². The quantitative estimate of drug-likeness (QED) is 0.484. The van der Waals surface area contributed by atoms with Crippen LogP contribution in [0.1, 0.15) is 38.5 Å². The number of hydrogen-bond donors (Lipinski definition) is 0. The second-order valence-electron chi connectivity index (χ2n) is 3.38. The topological polar surface area (TPSA) is 0 Å². The number of hydrogen-bond acceptors (Lipinski definition) is 0. The molecule has 0 atom stereocenters. The van der Waals surface area contributed by atoms with Gasteiger partial charge in [0.2, 0.25) is 0 Å². The molecule has 0 nitrogen and oxygen atoms in total. The zero-order chi connectivity index (χ0) is 9.19. The highest BCUT2D eigenvalue weighted by atomic mass is 13.9. The maximum atomic E-state index is 2.32. The predicted octanol–water partition coefficient (Wildman–Crippen LogP) is 4.21. The average molecular weight is 175 g/mol. The smallest absolute Gasteiger partial charge is 0.00441 e. The van der Waals surface area contributed by atoms with Gasteiger partial charge in [-0.3, -0.25) is 0 Å². The van der Waals surface area contributed by atoms with Gasteiger partial charge in [-0.05, 0) is 38.5 Å². The van der Waals surface area contributed by atoms with E-state index in [2.05, 4.69) is 42.9 Å². The standard InChI is InChI=1S/C13H19/c1-2-4-6-8-10-12-13-11-9-7-5-3-1/h1-5,10,12H,6-9,11,13H2. The second-order valence-corrected chi connectivity index (χ2v) is 3.38. The van der Waals surface area contributed by atoms with Crippen LogP contribution in [0.25, 0.3) is 0 Å². The predicted molar refractivity (Wildman–Crippen MR) is 59.4 cm³/mol. The zero-order valence-corrected chi connectivity index (χ0v) is 8.28. The lowest BCUT2D eigenvalue weighted by molar-refractivity contribution is 0.760. The van der Waals surface area contributed by atoms with Gasteiger partial charge in [0.05, 0.1) is 0 Å². The monoisotopic (exact) mass is 175 g/mol. The van der Waals surface area contributed by atoms with E-state index in [0.717, 1.165) is 0 Å². The molecule has 0 N–H and O–H groups in total. The normalized spacial score (nSPS) is 20.3. The first-order valence-corrected chi connectivity index (χ1v) is 5.30. The number of allylic oxidation sites excluding steroid dienone is 6. The largest absolute Gasteiger partial charge is 0.0885 e. The first-order valence-electron chi connectivity index (χ1n) is 5.30. The maximum absolute atomic E-state index is 2.32. The highest BCUT2D eigenvalue weighted by Crippen LogP contribution is 2.04. The van der Waals surface area contributed by atoms with Crippen LogP contribution < -0.4 is 0 Å². The summed E-state index contributed by atoms with van der Waals surface area (Å²) < 4.78 is 0. The summed E-state index contributed by atoms with van der Waals surface area (Å²) in [5, 5.41) is 0. The van der Waals surface area contributed by atoms with Crippen molar-refractivity contribution in [1.82, 2.24) is 0 Å². The van der Waals surface area contributed by atoms with E-state index in [1.54, 1.807) is 0 Å². The molecule has 0 bridgehead atoms. The molecule has 0 heterocycles. The van der Waals surface area contributed by atoms with E-state index in [-0.39, 0.29) is 0 Å². The van der Waals surface area contributed by atoms with Crippen molar-refractivity contribution in [3.63, 3.8) is 0 Å². The molecule has 0 aliphatic heterocycles. The van der Waals surface area contributed by atoms with Crippen molar-refractivity contribution in [2.24, 2.45) is 0 Å². The maximum Gasteiger partial charge on any atom is 0.00441 e. The highest BCUT2D eigenvalue weighted by Gasteiger charge is 1.84. The van der Waals surface area contributed by atoms with E-state index < -0.39 is 0 Å². The molecule has 71 valence electrons. The Labute approximate surface area is 82.0 Å². The third-order valence-electron chi connectivity index (χ3n) is 2.15. The van der Waals surface area contributed by atoms with Crippen molar-refractivity contribution < 1.29 is 0 Å². The van der Waals surface area contributed by atoms with Crippen LogP contribution >= 0.6 is 0 Å². The summed E-state index contributed by atoms with van der Waals surface area (Å²) >= 11 is 0. The molecule has 0 aromatic carbocycles. The van der Waals surface area contributed by atoms with Gasteiger partial charge in [-0.25, -0.2) is 0 Å². The fourth-order valence-corrected chi connectivity index (χ4v) is 1.37. The Morgan fingerprint density at radius 3 is 1.92 bits per heavy atom. The Balaban J connectivity index is 2.28. The molecule has 0 saturated heterocycles. The molecule has 0 amide bonds. The van der Waals surface area contributed by atoms with Crippen LogP contribution in [0.15, 0.2) is 36.5 Å². The van der Waals surface area contributed by atoms with Crippen LogP contribution in [0.5, 0.6) is 0 Å². The molecular weight excluding hydrogens is 156 g/mol. The zero-order valence-electron chi connectivity index (χ0n) is 8.28. The molecule has 0 heteroatoms. The first-order chi connectivity index (χ1) is 6.50. The molecule has 0 spiro atoms. The van der Waals surface area contributed by atoms with Crippen LogP contribution in [0.2, 0.25) is 0 Å². The lowest BCUT2D eigenvalue weighted by Crippen LogP contribution is -1.72. The third kappa shape index (κ3) is 6.39. The second kappa shape index (κ2) is 7.85. The van der Waals surface area contributed by atoms with Gasteiger partial charge in [0.25, 0.3) is 0 Å². The molecule has 1 aliphatic carbocycles. The fraction of sp³-hybridized carbons (Fsp3) is 0.462. The Morgan fingerprint density at radius 2 is 1.08 bits per heavy atom. The molecule has 0 unspecified atom stereocenters. The Morgan fingerprint density at radius 1 is 0.538 bits per heavy atom. The SMILES string of the molecule is [CH]1C=CCCC=CCCCCC=C1. The number of rotatable bonds is 0. The molecule has 0 fully saturated rings. The Hall–Kier alpha value is -0.780. The summed E-state index contributed by atoms with van der Waals surface area (Å²) in [6.45, 7) is 0. The van der Waals surface area contributed by atoms with E-state index in [4.69, 9.17) is 0 Å². The summed E-state index contributed by atoms with van der Waals surface area (Å²) in [5.41, 5.74) is 0. The fourth-order valence-electron chi connectivity index (χ4n) is 1.37. The van der Waals surface area contributed by atoms with Crippen molar-refractivity contribution in [2.75, 3.05) is 0 Å². The van der Waals surface area contributed by atoms with Crippen molar-refractivity contribution in [3.8, 4) is 0 Å². The van der Waals surface area contributed by atoms with E-state index in [9.17, 15) is 0 Å². The van der Waals surface area contributed by atoms with Gasteiger partial charge in [-0.2, -0.15) is 0 Å². The molecule has 1 radical (unpaired) electrons. The van der Waals surface area contributed by atoms with Crippen LogP contribution in [-0.2, 0) is 0 Å². The molecule has 1 aliphatic rings. The minimum Gasteiger partial charge on any atom is -0.0885 e. The van der Waals surface area contributed by atoms with E-state index in [0.29, 0.717) is 0 Å². The van der Waals surface area contributed by atoms with Crippen LogP contribution in [0.3, 0.4) is 0 Å². The Kier molecular flexibility index (Phi) is 6.22. The minimum atomic E-state index is 1.17. The molecule has 0 saturated carbocycles. The van der Waals surface area contributed by atoms with Crippen LogP contribution in [0.4, 0.5) is 0 Å². The first kappa shape index (κ1) is 10.3. The van der Waals surface area contributed by atoms with E-state index in [1.165, 1.54) is 38.5 Å². The van der Waals surface area contributed by atoms with Gasteiger partial charge < -0.3 is 0 Å². The van der Waals surface area contributed by atoms with Crippen molar-refractivity contribution >= 4 is 0 Å². The van der Waals surface area contributed by atoms with Gasteiger partial charge in [0, 0.05) is 6.42 Å². The third-order valence-corrected chi connectivity index (χ3v) is 2.15. The van der Waals surface area contributed by atoms with Crippen molar-refractivity contribution in [3.05, 3.63) is 42.9 Å². The summed E-state index contributed by atoms with van der Waals surface area (Å²) in [4.78, 5) is 0. The molecule has 1 rings (SSSR count). The lowest BCUT2D eigenvalue weighted by atomic mass is 10.1. The van der Waals surface area contributed by atoms with Crippen LogP contribution in [0, 0.1) is 6.42 Å². The van der Waals surface area contributed by atoms with E-state index in [1.807, 2.05) is 0 Å². The van der Waals surface area contributed by atoms with Gasteiger partial charge in [-0.15, -0.1) is 0 Å². The van der Waals surface area contributed by atoms with Crippen LogP contribution in [-0.4, -0.2) is 0 Å². The minimum absolute atomic E-state index is 1.17. The summed E-state index contributed by atoms with van der Waals surface area (Å²) in [5.74, 6) is 0. The van der Waals surface area contributed by atoms with Crippen molar-refractivity contribution in [2.45, 2.75) is 38.5 Å². The molecule has 0 aromatic heterocycles. The van der Waals surface area contributed by atoms with Gasteiger partial charge in [-0.1, -0.05) is 36.5 Å². The molecular formula is C13H19. The lowest BCUT2D eigenvalue weighted by Gasteiger charge is -1.92.